The van der Waals surface area contributed by atoms with Crippen molar-refractivity contribution in [2.45, 2.75) is 6.54 Å². The summed E-state index contributed by atoms with van der Waals surface area (Å²) in [5.74, 6) is -0.0293. The summed E-state index contributed by atoms with van der Waals surface area (Å²) >= 11 is 0. The average Bonchev–Trinajstić information content (AvgIpc) is 3.17. The van der Waals surface area contributed by atoms with E-state index in [0.717, 1.165) is 16.3 Å². The summed E-state index contributed by atoms with van der Waals surface area (Å²) in [6, 6.07) is 20.4. The number of methoxy groups -OCH3 is 1. The lowest BCUT2D eigenvalue weighted by molar-refractivity contribution is 0.0562. The number of hydrogen-bond acceptors (Lipinski definition) is 5. The minimum absolute atomic E-state index is 0.0891. The monoisotopic (exact) mass is 360 g/mol. The van der Waals surface area contributed by atoms with E-state index < -0.39 is 5.97 Å². The van der Waals surface area contributed by atoms with Crippen LogP contribution in [0.15, 0.2) is 75.9 Å². The molecule has 134 valence electrons. The van der Waals surface area contributed by atoms with Crippen LogP contribution in [0.3, 0.4) is 0 Å². The van der Waals surface area contributed by atoms with Gasteiger partial charge >= 0.3 is 5.97 Å². The molecule has 0 aliphatic carbocycles. The molecule has 0 aliphatic heterocycles. The molecule has 27 heavy (non-hydrogen) atoms. The van der Waals surface area contributed by atoms with Gasteiger partial charge in [-0.1, -0.05) is 36.4 Å². The number of carbonyl (C=O) groups is 1. The molecule has 4 rings (SSSR count). The number of nitrogens with zero attached hydrogens (tertiary/aromatic N) is 2. The first-order valence-corrected chi connectivity index (χ1v) is 8.38. The highest BCUT2D eigenvalue weighted by Gasteiger charge is 2.12. The number of esters is 1. The topological polar surface area (TPSA) is 74.3 Å². The molecule has 6 nitrogen and oxygen atoms in total. The molecule has 6 heteroatoms. The summed E-state index contributed by atoms with van der Waals surface area (Å²) in [5, 5.41) is 6.69. The Kier molecular flexibility index (Phi) is 4.30. The van der Waals surface area contributed by atoms with Gasteiger partial charge in [0.2, 0.25) is 5.76 Å². The van der Waals surface area contributed by atoms with E-state index in [1.54, 1.807) is 12.1 Å². The van der Waals surface area contributed by atoms with Crippen LogP contribution in [0.2, 0.25) is 0 Å². The van der Waals surface area contributed by atoms with Crippen LogP contribution < -0.4 is 5.56 Å². The van der Waals surface area contributed by atoms with Gasteiger partial charge in [0, 0.05) is 11.6 Å². The minimum atomic E-state index is -0.563. The fraction of sp³-hybridized carbons (Fsp3) is 0.0952. The van der Waals surface area contributed by atoms with Gasteiger partial charge in [-0.3, -0.25) is 4.79 Å². The lowest BCUT2D eigenvalue weighted by Crippen LogP contribution is -2.22. The number of fused-ring (bicyclic) bond motifs is 1. The molecule has 0 amide bonds. The zero-order chi connectivity index (χ0) is 18.8. The molecular weight excluding hydrogens is 344 g/mol. The van der Waals surface area contributed by atoms with Gasteiger partial charge < -0.3 is 9.15 Å². The third-order valence-corrected chi connectivity index (χ3v) is 4.27. The third-order valence-electron chi connectivity index (χ3n) is 4.27. The SMILES string of the molecule is COC(=O)c1ccc(Cn2nc(-c3ccc4ccccc4c3)ccc2=O)o1. The van der Waals surface area contributed by atoms with E-state index in [4.69, 9.17) is 4.42 Å². The quantitative estimate of drug-likeness (QED) is 0.521. The predicted molar refractivity (Wildman–Crippen MR) is 101 cm³/mol. The van der Waals surface area contributed by atoms with Gasteiger partial charge in [0.25, 0.3) is 5.56 Å². The smallest absolute Gasteiger partial charge is 0.373 e. The average molecular weight is 360 g/mol. The summed E-state index contributed by atoms with van der Waals surface area (Å²) < 4.78 is 11.4. The molecule has 2 aromatic carbocycles. The molecule has 0 saturated heterocycles. The van der Waals surface area contributed by atoms with Crippen molar-refractivity contribution in [1.29, 1.82) is 0 Å². The van der Waals surface area contributed by atoms with E-state index in [-0.39, 0.29) is 17.9 Å². The number of ether oxygens (including phenoxy) is 1. The van der Waals surface area contributed by atoms with Crippen molar-refractivity contribution in [2.24, 2.45) is 0 Å². The second-order valence-electron chi connectivity index (χ2n) is 6.03. The fourth-order valence-corrected chi connectivity index (χ4v) is 2.89. The Hall–Kier alpha value is -3.67. The molecule has 2 heterocycles. The Labute approximate surface area is 154 Å². The van der Waals surface area contributed by atoms with Gasteiger partial charge in [-0.25, -0.2) is 9.48 Å². The molecule has 0 fully saturated rings. The van der Waals surface area contributed by atoms with Gasteiger partial charge in [-0.05, 0) is 35.0 Å². The highest BCUT2D eigenvalue weighted by Crippen LogP contribution is 2.22. The number of rotatable bonds is 4. The Morgan fingerprint density at radius 2 is 1.85 bits per heavy atom. The van der Waals surface area contributed by atoms with Crippen LogP contribution in [-0.4, -0.2) is 22.9 Å². The Morgan fingerprint density at radius 3 is 2.67 bits per heavy atom. The van der Waals surface area contributed by atoms with E-state index in [9.17, 15) is 9.59 Å². The highest BCUT2D eigenvalue weighted by molar-refractivity contribution is 5.87. The van der Waals surface area contributed by atoms with Crippen molar-refractivity contribution >= 4 is 16.7 Å². The van der Waals surface area contributed by atoms with Gasteiger partial charge in [-0.15, -0.1) is 0 Å². The Balaban J connectivity index is 1.67. The van der Waals surface area contributed by atoms with Crippen molar-refractivity contribution in [3.05, 3.63) is 88.6 Å². The van der Waals surface area contributed by atoms with Crippen LogP contribution >= 0.6 is 0 Å². The maximum Gasteiger partial charge on any atom is 0.373 e. The number of carbonyl (C=O) groups excluding carboxylic acids is 1. The number of benzene rings is 2. The number of hydrogen-bond donors (Lipinski definition) is 0. The predicted octanol–water partition coefficient (Wildman–Crippen LogP) is 3.49. The molecule has 0 unspecified atom stereocenters. The minimum Gasteiger partial charge on any atom is -0.463 e. The van der Waals surface area contributed by atoms with E-state index in [0.29, 0.717) is 11.5 Å². The lowest BCUT2D eigenvalue weighted by Gasteiger charge is -2.07. The highest BCUT2D eigenvalue weighted by atomic mass is 16.5. The normalized spacial score (nSPS) is 10.9. The van der Waals surface area contributed by atoms with Crippen molar-refractivity contribution < 1.29 is 13.9 Å². The van der Waals surface area contributed by atoms with Crippen LogP contribution in [0, 0.1) is 0 Å². The van der Waals surface area contributed by atoms with Crippen molar-refractivity contribution in [3.8, 4) is 11.3 Å². The molecule has 0 spiro atoms. The Bertz CT molecular complexity index is 1190. The number of furan rings is 1. The first-order valence-electron chi connectivity index (χ1n) is 8.38. The maximum absolute atomic E-state index is 12.2. The Morgan fingerprint density at radius 1 is 1.04 bits per heavy atom. The van der Waals surface area contributed by atoms with E-state index in [2.05, 4.69) is 9.84 Å². The first kappa shape index (κ1) is 16.8. The van der Waals surface area contributed by atoms with Crippen LogP contribution in [-0.2, 0) is 11.3 Å². The van der Waals surface area contributed by atoms with Crippen molar-refractivity contribution in [1.82, 2.24) is 9.78 Å². The van der Waals surface area contributed by atoms with Crippen molar-refractivity contribution in [2.75, 3.05) is 7.11 Å². The molecule has 0 saturated carbocycles. The summed E-state index contributed by atoms with van der Waals surface area (Å²) in [5.41, 5.74) is 1.34. The molecular formula is C21H16N2O4. The first-order chi connectivity index (χ1) is 13.1. The van der Waals surface area contributed by atoms with Gasteiger partial charge in [-0.2, -0.15) is 5.10 Å². The van der Waals surface area contributed by atoms with E-state index in [1.807, 2.05) is 42.5 Å². The third kappa shape index (κ3) is 3.37. The fourth-order valence-electron chi connectivity index (χ4n) is 2.89. The molecule has 0 N–H and O–H groups in total. The lowest BCUT2D eigenvalue weighted by atomic mass is 10.1. The standard InChI is InChI=1S/C21H16N2O4/c1-26-21(25)19-10-8-17(27-19)13-23-20(24)11-9-18(22-23)16-7-6-14-4-2-3-5-15(14)12-16/h2-12H,13H2,1H3. The van der Waals surface area contributed by atoms with Crippen LogP contribution in [0.1, 0.15) is 16.3 Å². The molecule has 0 bridgehead atoms. The molecule has 2 aromatic heterocycles. The maximum atomic E-state index is 12.2. The zero-order valence-electron chi connectivity index (χ0n) is 14.6. The van der Waals surface area contributed by atoms with Crippen LogP contribution in [0.5, 0.6) is 0 Å². The summed E-state index contributed by atoms with van der Waals surface area (Å²) in [7, 11) is 1.28. The van der Waals surface area contributed by atoms with E-state index >= 15 is 0 Å². The summed E-state index contributed by atoms with van der Waals surface area (Å²) in [4.78, 5) is 23.7. The molecule has 0 radical (unpaired) electrons. The van der Waals surface area contributed by atoms with E-state index in [1.165, 1.54) is 23.9 Å². The largest absolute Gasteiger partial charge is 0.463 e. The molecule has 4 aromatic rings. The summed E-state index contributed by atoms with van der Waals surface area (Å²) in [6.07, 6.45) is 0. The molecule has 0 atom stereocenters. The van der Waals surface area contributed by atoms with Crippen LogP contribution in [0.4, 0.5) is 0 Å². The summed E-state index contributed by atoms with van der Waals surface area (Å²) in [6.45, 7) is 0.122. The van der Waals surface area contributed by atoms with Crippen molar-refractivity contribution in [3.63, 3.8) is 0 Å². The van der Waals surface area contributed by atoms with Gasteiger partial charge in [0.05, 0.1) is 12.8 Å². The zero-order valence-corrected chi connectivity index (χ0v) is 14.6. The second-order valence-corrected chi connectivity index (χ2v) is 6.03. The van der Waals surface area contributed by atoms with Gasteiger partial charge in [0.1, 0.15) is 12.3 Å². The second kappa shape index (κ2) is 6.92. The van der Waals surface area contributed by atoms with Crippen LogP contribution in [0.25, 0.3) is 22.0 Å². The van der Waals surface area contributed by atoms with Gasteiger partial charge in [0.15, 0.2) is 0 Å². The molecule has 0 aliphatic rings. The number of aromatic nitrogens is 2.